The molecule has 3 heterocycles. The van der Waals surface area contributed by atoms with Gasteiger partial charge >= 0.3 is 0 Å². The van der Waals surface area contributed by atoms with Crippen LogP contribution < -0.4 is 0 Å². The minimum absolute atomic E-state index is 0.313. The lowest BCUT2D eigenvalue weighted by Gasteiger charge is -2.07. The van der Waals surface area contributed by atoms with Crippen molar-refractivity contribution in [2.24, 2.45) is 4.99 Å². The second-order valence-electron chi connectivity index (χ2n) is 6.38. The van der Waals surface area contributed by atoms with Crippen molar-refractivity contribution < 1.29 is 0 Å². The van der Waals surface area contributed by atoms with Crippen molar-refractivity contribution in [3.63, 3.8) is 0 Å². The monoisotopic (exact) mass is 359 g/mol. The highest BCUT2D eigenvalue weighted by molar-refractivity contribution is 7.22. The third-order valence-electron chi connectivity index (χ3n) is 4.78. The molecule has 25 heavy (non-hydrogen) atoms. The fourth-order valence-electron chi connectivity index (χ4n) is 3.46. The van der Waals surface area contributed by atoms with Gasteiger partial charge in [-0.3, -0.25) is 4.99 Å². The number of aliphatic imine (C=N–C) groups is 1. The molecule has 122 valence electrons. The van der Waals surface area contributed by atoms with Crippen molar-refractivity contribution in [1.29, 1.82) is 0 Å². The maximum atomic E-state index is 4.97. The molecule has 0 amide bonds. The van der Waals surface area contributed by atoms with Gasteiger partial charge in [-0.25, -0.2) is 0 Å². The Bertz CT molecular complexity index is 1010. The van der Waals surface area contributed by atoms with Crippen molar-refractivity contribution in [3.8, 4) is 10.4 Å². The van der Waals surface area contributed by atoms with E-state index in [0.29, 0.717) is 6.04 Å². The van der Waals surface area contributed by atoms with Crippen LogP contribution in [0.4, 0.5) is 0 Å². The molecule has 5 rings (SSSR count). The van der Waals surface area contributed by atoms with Crippen molar-refractivity contribution in [2.45, 2.75) is 18.9 Å². The summed E-state index contributed by atoms with van der Waals surface area (Å²) in [5.41, 5.74) is 3.90. The molecule has 0 N–H and O–H groups in total. The van der Waals surface area contributed by atoms with E-state index in [9.17, 15) is 0 Å². The van der Waals surface area contributed by atoms with E-state index in [0.717, 1.165) is 12.8 Å². The van der Waals surface area contributed by atoms with Gasteiger partial charge in [0, 0.05) is 14.5 Å². The highest BCUT2D eigenvalue weighted by Gasteiger charge is 2.20. The Labute approximate surface area is 155 Å². The van der Waals surface area contributed by atoms with Gasteiger partial charge in [-0.2, -0.15) is 0 Å². The SMILES string of the molecule is c1csc(C2=NC(c3ccc(-c4cc5ccccc5s4)cc3)CC2)c1. The molecule has 1 unspecified atom stereocenters. The molecule has 1 atom stereocenters. The van der Waals surface area contributed by atoms with Gasteiger partial charge in [-0.1, -0.05) is 48.5 Å². The van der Waals surface area contributed by atoms with Crippen molar-refractivity contribution in [3.05, 3.63) is 82.6 Å². The predicted octanol–water partition coefficient (Wildman–Crippen LogP) is 6.95. The van der Waals surface area contributed by atoms with Crippen LogP contribution in [0.3, 0.4) is 0 Å². The Kier molecular flexibility index (Phi) is 3.76. The van der Waals surface area contributed by atoms with Crippen molar-refractivity contribution in [1.82, 2.24) is 0 Å². The number of fused-ring (bicyclic) bond motifs is 1. The molecule has 0 aliphatic carbocycles. The maximum Gasteiger partial charge on any atom is 0.0756 e. The van der Waals surface area contributed by atoms with Gasteiger partial charge in [-0.05, 0) is 52.9 Å². The lowest BCUT2D eigenvalue weighted by atomic mass is 10.0. The topological polar surface area (TPSA) is 12.4 Å². The number of hydrogen-bond donors (Lipinski definition) is 0. The molecule has 0 saturated carbocycles. The van der Waals surface area contributed by atoms with Crippen LogP contribution in [0.25, 0.3) is 20.5 Å². The zero-order valence-corrected chi connectivity index (χ0v) is 15.3. The third-order valence-corrected chi connectivity index (χ3v) is 6.86. The normalized spacial score (nSPS) is 17.1. The first-order valence-corrected chi connectivity index (χ1v) is 10.3. The number of hydrogen-bond acceptors (Lipinski definition) is 3. The average molecular weight is 360 g/mol. The fraction of sp³-hybridized carbons (Fsp3) is 0.136. The molecule has 0 radical (unpaired) electrons. The molecule has 1 nitrogen and oxygen atoms in total. The smallest absolute Gasteiger partial charge is 0.0756 e. The van der Waals surface area contributed by atoms with Gasteiger partial charge in [-0.15, -0.1) is 22.7 Å². The Morgan fingerprint density at radius 2 is 1.76 bits per heavy atom. The maximum absolute atomic E-state index is 4.97. The quantitative estimate of drug-likeness (QED) is 0.375. The fourth-order valence-corrected chi connectivity index (χ4v) is 5.27. The van der Waals surface area contributed by atoms with Gasteiger partial charge in [0.1, 0.15) is 0 Å². The second-order valence-corrected chi connectivity index (χ2v) is 8.41. The molecule has 3 heteroatoms. The lowest BCUT2D eigenvalue weighted by Crippen LogP contribution is -1.90. The van der Waals surface area contributed by atoms with Crippen LogP contribution in [0, 0.1) is 0 Å². The summed E-state index contributed by atoms with van der Waals surface area (Å²) in [6.07, 6.45) is 2.21. The van der Waals surface area contributed by atoms with Gasteiger partial charge in [0.2, 0.25) is 0 Å². The first kappa shape index (κ1) is 15.1. The summed E-state index contributed by atoms with van der Waals surface area (Å²) in [5, 5.41) is 3.46. The summed E-state index contributed by atoms with van der Waals surface area (Å²) < 4.78 is 1.35. The van der Waals surface area contributed by atoms with E-state index >= 15 is 0 Å². The molecule has 2 aromatic carbocycles. The number of rotatable bonds is 3. The van der Waals surface area contributed by atoms with Crippen LogP contribution in [0.1, 0.15) is 29.3 Å². The molecular formula is C22H17NS2. The first-order valence-electron chi connectivity index (χ1n) is 8.56. The molecular weight excluding hydrogens is 342 g/mol. The lowest BCUT2D eigenvalue weighted by molar-refractivity contribution is 0.723. The highest BCUT2D eigenvalue weighted by atomic mass is 32.1. The average Bonchev–Trinajstić information content (AvgIpc) is 3.40. The van der Waals surface area contributed by atoms with Gasteiger partial charge in [0.05, 0.1) is 11.8 Å². The van der Waals surface area contributed by atoms with E-state index in [2.05, 4.69) is 72.1 Å². The van der Waals surface area contributed by atoms with Gasteiger partial charge in [0.15, 0.2) is 0 Å². The summed E-state index contributed by atoms with van der Waals surface area (Å²) in [4.78, 5) is 7.63. The minimum Gasteiger partial charge on any atom is -0.280 e. The largest absolute Gasteiger partial charge is 0.280 e. The third kappa shape index (κ3) is 2.84. The highest BCUT2D eigenvalue weighted by Crippen LogP contribution is 2.36. The van der Waals surface area contributed by atoms with E-state index in [1.165, 1.54) is 36.7 Å². The Hall–Kier alpha value is -2.23. The summed E-state index contributed by atoms with van der Waals surface area (Å²) in [6, 6.07) is 24.5. The minimum atomic E-state index is 0.313. The Morgan fingerprint density at radius 3 is 2.56 bits per heavy atom. The Morgan fingerprint density at radius 1 is 0.880 bits per heavy atom. The van der Waals surface area contributed by atoms with Crippen molar-refractivity contribution in [2.75, 3.05) is 0 Å². The summed E-state index contributed by atoms with van der Waals surface area (Å²) in [7, 11) is 0. The van der Waals surface area contributed by atoms with Crippen LogP contribution in [0.15, 0.2) is 77.1 Å². The molecule has 0 bridgehead atoms. The van der Waals surface area contributed by atoms with E-state index in [1.807, 2.05) is 11.3 Å². The van der Waals surface area contributed by atoms with Gasteiger partial charge < -0.3 is 0 Å². The summed E-state index contributed by atoms with van der Waals surface area (Å²) >= 11 is 3.65. The number of benzene rings is 2. The van der Waals surface area contributed by atoms with E-state index in [4.69, 9.17) is 4.99 Å². The first-order chi connectivity index (χ1) is 12.4. The Balaban J connectivity index is 1.42. The molecule has 0 fully saturated rings. The zero-order valence-electron chi connectivity index (χ0n) is 13.7. The zero-order chi connectivity index (χ0) is 16.6. The molecule has 0 spiro atoms. The van der Waals surface area contributed by atoms with Crippen molar-refractivity contribution >= 4 is 38.5 Å². The molecule has 4 aromatic rings. The van der Waals surface area contributed by atoms with Crippen LogP contribution >= 0.6 is 22.7 Å². The molecule has 0 saturated heterocycles. The van der Waals surface area contributed by atoms with Gasteiger partial charge in [0.25, 0.3) is 0 Å². The standard InChI is InChI=1S/C22H17NS2/c1-2-5-20-17(4-1)14-22(25-20)16-9-7-15(8-10-16)18-11-12-19(23-18)21-6-3-13-24-21/h1-10,13-14,18H,11-12H2. The van der Waals surface area contributed by atoms with Crippen LogP contribution in [0.5, 0.6) is 0 Å². The molecule has 2 aromatic heterocycles. The molecule has 1 aliphatic rings. The van der Waals surface area contributed by atoms with Crippen LogP contribution in [-0.4, -0.2) is 5.71 Å². The second kappa shape index (κ2) is 6.25. The summed E-state index contributed by atoms with van der Waals surface area (Å²) in [5.74, 6) is 0. The van der Waals surface area contributed by atoms with E-state index in [-0.39, 0.29) is 0 Å². The number of thiophene rings is 2. The van der Waals surface area contributed by atoms with Crippen LogP contribution in [-0.2, 0) is 0 Å². The predicted molar refractivity (Wildman–Crippen MR) is 110 cm³/mol. The van der Waals surface area contributed by atoms with E-state index in [1.54, 1.807) is 11.3 Å². The molecule has 1 aliphatic heterocycles. The number of nitrogens with zero attached hydrogens (tertiary/aromatic N) is 1. The van der Waals surface area contributed by atoms with Crippen LogP contribution in [0.2, 0.25) is 0 Å². The van der Waals surface area contributed by atoms with E-state index < -0.39 is 0 Å². The summed E-state index contributed by atoms with van der Waals surface area (Å²) in [6.45, 7) is 0.